The van der Waals surface area contributed by atoms with Crippen molar-refractivity contribution in [3.8, 4) is 28.5 Å². The highest BCUT2D eigenvalue weighted by Gasteiger charge is 2.22. The third kappa shape index (κ3) is 3.83. The van der Waals surface area contributed by atoms with E-state index in [1.54, 1.807) is 18.8 Å². The molecule has 0 saturated carbocycles. The molecular formula is C24H27N3O4. The third-order valence-corrected chi connectivity index (χ3v) is 5.58. The summed E-state index contributed by atoms with van der Waals surface area (Å²) in [6, 6.07) is 9.78. The molecule has 1 aliphatic rings. The van der Waals surface area contributed by atoms with Crippen molar-refractivity contribution >= 4 is 11.5 Å². The number of anilines is 2. The molecule has 0 unspecified atom stereocenters. The summed E-state index contributed by atoms with van der Waals surface area (Å²) in [6.07, 6.45) is 0.734. The summed E-state index contributed by atoms with van der Waals surface area (Å²) < 4.78 is 18.3. The first-order valence-corrected chi connectivity index (χ1v) is 10.3. The van der Waals surface area contributed by atoms with Crippen molar-refractivity contribution in [2.45, 2.75) is 33.7 Å². The molecule has 0 bridgehead atoms. The number of aromatic nitrogens is 2. The van der Waals surface area contributed by atoms with Crippen LogP contribution in [0.5, 0.6) is 17.2 Å². The quantitative estimate of drug-likeness (QED) is 0.642. The van der Waals surface area contributed by atoms with Crippen LogP contribution in [0.2, 0.25) is 0 Å². The molecule has 0 saturated heterocycles. The highest BCUT2D eigenvalue weighted by atomic mass is 16.5. The molecule has 2 heterocycles. The predicted octanol–water partition coefficient (Wildman–Crippen LogP) is 4.24. The molecule has 1 N–H and O–H groups in total. The van der Waals surface area contributed by atoms with E-state index in [-0.39, 0.29) is 5.69 Å². The van der Waals surface area contributed by atoms with Crippen molar-refractivity contribution in [3.63, 3.8) is 0 Å². The standard InChI is InChI=1S/C24H27N3O4/c1-6-31-21-11-16-7-8-27-19(18(16)12-20(21)30-5)13-22(26-24(27)28)25-23-14(2)9-17(29-4)10-15(23)3/h9-13H,6-8H2,1-5H3,(H,25,26,28). The summed E-state index contributed by atoms with van der Waals surface area (Å²) >= 11 is 0. The topological polar surface area (TPSA) is 74.6 Å². The van der Waals surface area contributed by atoms with E-state index in [9.17, 15) is 4.79 Å². The van der Waals surface area contributed by atoms with Crippen LogP contribution in [-0.2, 0) is 13.0 Å². The van der Waals surface area contributed by atoms with Gasteiger partial charge in [-0.3, -0.25) is 4.57 Å². The first kappa shape index (κ1) is 20.8. The molecule has 7 heteroatoms. The van der Waals surface area contributed by atoms with Crippen LogP contribution in [0.1, 0.15) is 23.6 Å². The van der Waals surface area contributed by atoms with Gasteiger partial charge in [-0.15, -0.1) is 0 Å². The molecule has 7 nitrogen and oxygen atoms in total. The molecular weight excluding hydrogens is 394 g/mol. The van der Waals surface area contributed by atoms with Gasteiger partial charge in [0.2, 0.25) is 0 Å². The van der Waals surface area contributed by atoms with E-state index in [4.69, 9.17) is 14.2 Å². The lowest BCUT2D eigenvalue weighted by molar-refractivity contribution is 0.310. The molecule has 0 radical (unpaired) electrons. The Morgan fingerprint density at radius 1 is 1.03 bits per heavy atom. The van der Waals surface area contributed by atoms with Gasteiger partial charge in [0.15, 0.2) is 11.5 Å². The number of hydrogen-bond donors (Lipinski definition) is 1. The van der Waals surface area contributed by atoms with Gasteiger partial charge in [-0.05, 0) is 68.1 Å². The van der Waals surface area contributed by atoms with Gasteiger partial charge in [0, 0.05) is 23.9 Å². The van der Waals surface area contributed by atoms with Gasteiger partial charge in [-0.1, -0.05) is 0 Å². The number of ether oxygens (including phenoxy) is 3. The van der Waals surface area contributed by atoms with Crippen LogP contribution in [0, 0.1) is 13.8 Å². The third-order valence-electron chi connectivity index (χ3n) is 5.58. The summed E-state index contributed by atoms with van der Waals surface area (Å²) in [6.45, 7) is 7.08. The van der Waals surface area contributed by atoms with Gasteiger partial charge in [-0.25, -0.2) is 4.79 Å². The van der Waals surface area contributed by atoms with E-state index >= 15 is 0 Å². The fourth-order valence-corrected chi connectivity index (χ4v) is 4.08. The Hall–Kier alpha value is -3.48. The van der Waals surface area contributed by atoms with Crippen LogP contribution in [0.4, 0.5) is 11.5 Å². The largest absolute Gasteiger partial charge is 0.497 e. The number of nitrogens with one attached hydrogen (secondary N) is 1. The van der Waals surface area contributed by atoms with Gasteiger partial charge in [-0.2, -0.15) is 4.98 Å². The Labute approximate surface area is 181 Å². The highest BCUT2D eigenvalue weighted by Crippen LogP contribution is 2.39. The van der Waals surface area contributed by atoms with E-state index in [0.717, 1.165) is 51.6 Å². The zero-order valence-electron chi connectivity index (χ0n) is 18.5. The molecule has 2 aromatic carbocycles. The van der Waals surface area contributed by atoms with Crippen LogP contribution in [0.15, 0.2) is 35.1 Å². The van der Waals surface area contributed by atoms with Gasteiger partial charge in [0.1, 0.15) is 11.6 Å². The van der Waals surface area contributed by atoms with Crippen LogP contribution >= 0.6 is 0 Å². The normalized spacial score (nSPS) is 12.0. The molecule has 0 fully saturated rings. The average molecular weight is 421 g/mol. The van der Waals surface area contributed by atoms with Gasteiger partial charge in [0.05, 0.1) is 26.5 Å². The van der Waals surface area contributed by atoms with Gasteiger partial charge >= 0.3 is 5.69 Å². The molecule has 0 amide bonds. The molecule has 0 spiro atoms. The van der Waals surface area contributed by atoms with Gasteiger partial charge < -0.3 is 19.5 Å². The maximum absolute atomic E-state index is 12.8. The minimum Gasteiger partial charge on any atom is -0.497 e. The van der Waals surface area contributed by atoms with E-state index in [1.807, 2.05) is 51.1 Å². The molecule has 31 heavy (non-hydrogen) atoms. The van der Waals surface area contributed by atoms with Crippen molar-refractivity contribution in [1.29, 1.82) is 0 Å². The number of nitrogens with zero attached hydrogens (tertiary/aromatic N) is 2. The first-order chi connectivity index (χ1) is 14.9. The zero-order chi connectivity index (χ0) is 22.1. The maximum Gasteiger partial charge on any atom is 0.350 e. The smallest absolute Gasteiger partial charge is 0.350 e. The minimum atomic E-state index is -0.276. The monoisotopic (exact) mass is 421 g/mol. The van der Waals surface area contributed by atoms with E-state index in [0.29, 0.717) is 24.7 Å². The Kier molecular flexibility index (Phi) is 5.59. The number of rotatable bonds is 6. The first-order valence-electron chi connectivity index (χ1n) is 10.3. The summed E-state index contributed by atoms with van der Waals surface area (Å²) in [4.78, 5) is 17.1. The van der Waals surface area contributed by atoms with Crippen LogP contribution < -0.4 is 25.2 Å². The molecule has 4 rings (SSSR count). The van der Waals surface area contributed by atoms with Crippen molar-refractivity contribution in [2.24, 2.45) is 0 Å². The summed E-state index contributed by atoms with van der Waals surface area (Å²) in [5, 5.41) is 3.34. The number of benzene rings is 2. The fourth-order valence-electron chi connectivity index (χ4n) is 4.08. The second-order valence-electron chi connectivity index (χ2n) is 7.57. The molecule has 0 aliphatic carbocycles. The number of hydrogen-bond acceptors (Lipinski definition) is 6. The maximum atomic E-state index is 12.8. The van der Waals surface area contributed by atoms with Crippen molar-refractivity contribution in [3.05, 3.63) is 57.5 Å². The second-order valence-corrected chi connectivity index (χ2v) is 7.57. The zero-order valence-corrected chi connectivity index (χ0v) is 18.5. The van der Waals surface area contributed by atoms with E-state index < -0.39 is 0 Å². The molecule has 0 atom stereocenters. The lowest BCUT2D eigenvalue weighted by Gasteiger charge is -2.24. The Morgan fingerprint density at radius 2 is 1.77 bits per heavy atom. The molecule has 162 valence electrons. The van der Waals surface area contributed by atoms with Crippen LogP contribution in [0.25, 0.3) is 11.3 Å². The van der Waals surface area contributed by atoms with E-state index in [1.165, 1.54) is 0 Å². The Bertz CT molecular complexity index is 1180. The van der Waals surface area contributed by atoms with E-state index in [2.05, 4.69) is 10.3 Å². The van der Waals surface area contributed by atoms with Gasteiger partial charge in [0.25, 0.3) is 0 Å². The predicted molar refractivity (Wildman–Crippen MR) is 121 cm³/mol. The summed E-state index contributed by atoms with van der Waals surface area (Å²) in [5.41, 5.74) is 5.56. The Balaban J connectivity index is 1.80. The SMILES string of the molecule is CCOc1cc2c(cc1OC)-c1cc(Nc3c(C)cc(OC)cc3C)nc(=O)n1CC2. The summed E-state index contributed by atoms with van der Waals surface area (Å²) in [7, 11) is 3.27. The number of aryl methyl sites for hydroxylation is 3. The second kappa shape index (κ2) is 8.34. The van der Waals surface area contributed by atoms with Crippen molar-refractivity contribution < 1.29 is 14.2 Å². The average Bonchev–Trinajstić information content (AvgIpc) is 2.75. The number of fused-ring (bicyclic) bond motifs is 3. The molecule has 1 aliphatic heterocycles. The number of methoxy groups -OCH3 is 2. The van der Waals surface area contributed by atoms with Crippen LogP contribution in [-0.4, -0.2) is 30.4 Å². The highest BCUT2D eigenvalue weighted by molar-refractivity contribution is 5.74. The summed E-state index contributed by atoms with van der Waals surface area (Å²) in [5.74, 6) is 2.67. The van der Waals surface area contributed by atoms with Crippen molar-refractivity contribution in [2.75, 3.05) is 26.1 Å². The van der Waals surface area contributed by atoms with Crippen LogP contribution in [0.3, 0.4) is 0 Å². The lowest BCUT2D eigenvalue weighted by atomic mass is 9.96. The molecule has 3 aromatic rings. The van der Waals surface area contributed by atoms with Crippen molar-refractivity contribution in [1.82, 2.24) is 9.55 Å². The lowest BCUT2D eigenvalue weighted by Crippen LogP contribution is -2.28. The minimum absolute atomic E-state index is 0.276. The fraction of sp³-hybridized carbons (Fsp3) is 0.333. The molecule has 1 aromatic heterocycles. The Morgan fingerprint density at radius 3 is 2.42 bits per heavy atom.